The lowest BCUT2D eigenvalue weighted by Gasteiger charge is -2.11. The molecule has 3 aromatic carbocycles. The first-order chi connectivity index (χ1) is 18.8. The number of hydrogen-bond donors (Lipinski definition) is 1. The summed E-state index contributed by atoms with van der Waals surface area (Å²) in [5, 5.41) is 5.82. The Morgan fingerprint density at radius 1 is 1.03 bits per heavy atom. The van der Waals surface area contributed by atoms with Crippen molar-refractivity contribution in [2.75, 3.05) is 5.32 Å². The van der Waals surface area contributed by atoms with E-state index in [2.05, 4.69) is 10.3 Å². The van der Waals surface area contributed by atoms with E-state index in [0.29, 0.717) is 17.7 Å². The zero-order chi connectivity index (χ0) is 27.4. The number of amides is 1. The van der Waals surface area contributed by atoms with Gasteiger partial charge in [0.1, 0.15) is 16.5 Å². The third-order valence-electron chi connectivity index (χ3n) is 5.89. The molecule has 0 saturated heterocycles. The van der Waals surface area contributed by atoms with Crippen LogP contribution in [-0.2, 0) is 16.5 Å². The number of halogens is 1. The molecule has 0 radical (unpaired) electrons. The van der Waals surface area contributed by atoms with Crippen molar-refractivity contribution >= 4 is 33.0 Å². The van der Waals surface area contributed by atoms with Crippen molar-refractivity contribution in [2.45, 2.75) is 18.2 Å². The maximum atomic E-state index is 13.9. The van der Waals surface area contributed by atoms with Gasteiger partial charge in [0.2, 0.25) is 0 Å². The molecule has 0 bridgehead atoms. The van der Waals surface area contributed by atoms with Gasteiger partial charge in [-0.3, -0.25) is 9.78 Å². The predicted molar refractivity (Wildman–Crippen MR) is 148 cm³/mol. The average Bonchev–Trinajstić information content (AvgIpc) is 3.40. The Bertz CT molecular complexity index is 1740. The highest BCUT2D eigenvalue weighted by Gasteiger charge is 2.21. The van der Waals surface area contributed by atoms with E-state index in [4.69, 9.17) is 9.17 Å². The van der Waals surface area contributed by atoms with Gasteiger partial charge in [-0.25, -0.2) is 9.37 Å². The molecule has 196 valence electrons. The van der Waals surface area contributed by atoms with Gasteiger partial charge in [0, 0.05) is 41.0 Å². The molecule has 0 aliphatic rings. The predicted octanol–water partition coefficient (Wildman–Crippen LogP) is 6.26. The van der Waals surface area contributed by atoms with Crippen LogP contribution in [-0.4, -0.2) is 24.3 Å². The van der Waals surface area contributed by atoms with E-state index in [1.165, 1.54) is 36.4 Å². The molecule has 0 spiro atoms. The van der Waals surface area contributed by atoms with Crippen LogP contribution in [0.25, 0.3) is 11.3 Å². The van der Waals surface area contributed by atoms with Crippen molar-refractivity contribution in [3.05, 3.63) is 124 Å². The smallest absolute Gasteiger partial charge is 0.342 e. The first kappa shape index (κ1) is 26.2. The number of benzene rings is 3. The number of thiazole rings is 1. The van der Waals surface area contributed by atoms with Crippen LogP contribution in [0.15, 0.2) is 102 Å². The van der Waals surface area contributed by atoms with Crippen LogP contribution in [0, 0.1) is 12.7 Å². The van der Waals surface area contributed by atoms with Crippen molar-refractivity contribution in [1.82, 2.24) is 9.97 Å². The summed E-state index contributed by atoms with van der Waals surface area (Å²) in [6.07, 6.45) is 4.12. The lowest BCUT2D eigenvalue weighted by atomic mass is 10.0. The van der Waals surface area contributed by atoms with E-state index in [-0.39, 0.29) is 11.7 Å². The fraction of sp³-hybridized carbons (Fsp3) is 0.0690. The van der Waals surface area contributed by atoms with Crippen LogP contribution in [0.5, 0.6) is 5.75 Å². The van der Waals surface area contributed by atoms with Crippen LogP contribution >= 0.6 is 11.3 Å². The second-order valence-corrected chi connectivity index (χ2v) is 11.1. The fourth-order valence-corrected chi connectivity index (χ4v) is 5.66. The van der Waals surface area contributed by atoms with Crippen molar-refractivity contribution in [3.8, 4) is 17.0 Å². The van der Waals surface area contributed by atoms with Gasteiger partial charge < -0.3 is 9.50 Å². The minimum absolute atomic E-state index is 0.0403. The molecule has 0 aliphatic carbocycles. The van der Waals surface area contributed by atoms with Gasteiger partial charge >= 0.3 is 10.1 Å². The standard InChI is InChI=1S/C29H22FN3O4S2/c1-19-8-11-23(15-22(19)16-28-33-26(18-38-28)21-5-4-14-31-17-21)32-29(34)20-9-12-24(13-10-20)37-39(35,36)27-7-3-2-6-25(27)30/h2-15,17-18H,16H2,1H3,(H,32,34). The van der Waals surface area contributed by atoms with Crippen molar-refractivity contribution in [1.29, 1.82) is 0 Å². The minimum Gasteiger partial charge on any atom is -0.379 e. The summed E-state index contributed by atoms with van der Waals surface area (Å²) in [6.45, 7) is 2.00. The van der Waals surface area contributed by atoms with E-state index in [1.54, 1.807) is 23.7 Å². The number of aromatic nitrogens is 2. The number of carbonyl (C=O) groups excluding carboxylic acids is 1. The van der Waals surface area contributed by atoms with Crippen molar-refractivity contribution < 1.29 is 21.8 Å². The first-order valence-corrected chi connectivity index (χ1v) is 14.1. The topological polar surface area (TPSA) is 98.2 Å². The summed E-state index contributed by atoms with van der Waals surface area (Å²) in [5.74, 6) is -1.32. The molecule has 0 atom stereocenters. The van der Waals surface area contributed by atoms with E-state index in [0.717, 1.165) is 39.5 Å². The van der Waals surface area contributed by atoms with Crippen molar-refractivity contribution in [3.63, 3.8) is 0 Å². The summed E-state index contributed by atoms with van der Waals surface area (Å²) >= 11 is 1.57. The first-order valence-electron chi connectivity index (χ1n) is 11.8. The molecular formula is C29H22FN3O4S2. The minimum atomic E-state index is -4.36. The van der Waals surface area contributed by atoms with Gasteiger partial charge in [0.15, 0.2) is 0 Å². The Balaban J connectivity index is 1.26. The van der Waals surface area contributed by atoms with Crippen LogP contribution in [0.2, 0.25) is 0 Å². The number of carbonyl (C=O) groups is 1. The summed E-state index contributed by atoms with van der Waals surface area (Å²) in [7, 11) is -4.36. The largest absolute Gasteiger partial charge is 0.379 e. The lowest BCUT2D eigenvalue weighted by Crippen LogP contribution is -2.13. The highest BCUT2D eigenvalue weighted by Crippen LogP contribution is 2.26. The molecule has 0 unspecified atom stereocenters. The Labute approximate surface area is 229 Å². The van der Waals surface area contributed by atoms with Gasteiger partial charge in [-0.15, -0.1) is 11.3 Å². The molecule has 0 fully saturated rings. The number of pyridine rings is 1. The van der Waals surface area contributed by atoms with Crippen LogP contribution in [0.4, 0.5) is 10.1 Å². The second-order valence-electron chi connectivity index (χ2n) is 8.63. The zero-order valence-corrected chi connectivity index (χ0v) is 22.3. The number of nitrogens with one attached hydrogen (secondary N) is 1. The zero-order valence-electron chi connectivity index (χ0n) is 20.7. The molecule has 39 heavy (non-hydrogen) atoms. The van der Waals surface area contributed by atoms with Gasteiger partial charge in [-0.05, 0) is 78.7 Å². The molecule has 2 heterocycles. The summed E-state index contributed by atoms with van der Waals surface area (Å²) in [6, 6.07) is 20.0. The van der Waals surface area contributed by atoms with Crippen molar-refractivity contribution in [2.24, 2.45) is 0 Å². The molecule has 1 N–H and O–H groups in total. The molecular weight excluding hydrogens is 537 g/mol. The SMILES string of the molecule is Cc1ccc(NC(=O)c2ccc(OS(=O)(=O)c3ccccc3F)cc2)cc1Cc1nc(-c2cccnc2)cs1. The average molecular weight is 560 g/mol. The van der Waals surface area contributed by atoms with Crippen LogP contribution < -0.4 is 9.50 Å². The molecule has 5 aromatic rings. The van der Waals surface area contributed by atoms with E-state index >= 15 is 0 Å². The number of anilines is 1. The van der Waals surface area contributed by atoms with E-state index < -0.39 is 20.8 Å². The normalized spacial score (nSPS) is 11.2. The summed E-state index contributed by atoms with van der Waals surface area (Å²) in [5.41, 5.74) is 4.85. The van der Waals surface area contributed by atoms with Gasteiger partial charge in [0.25, 0.3) is 5.91 Å². The Hall–Kier alpha value is -4.41. The van der Waals surface area contributed by atoms with Crippen LogP contribution in [0.1, 0.15) is 26.5 Å². The molecule has 0 aliphatic heterocycles. The van der Waals surface area contributed by atoms with Crippen LogP contribution in [0.3, 0.4) is 0 Å². The number of nitrogens with zero attached hydrogens (tertiary/aromatic N) is 2. The Kier molecular flexibility index (Phi) is 7.49. The van der Waals surface area contributed by atoms with E-state index in [1.807, 2.05) is 42.6 Å². The molecule has 5 rings (SSSR count). The molecule has 10 heteroatoms. The lowest BCUT2D eigenvalue weighted by molar-refractivity contribution is 0.102. The highest BCUT2D eigenvalue weighted by atomic mass is 32.2. The Morgan fingerprint density at radius 2 is 1.82 bits per heavy atom. The molecule has 7 nitrogen and oxygen atoms in total. The molecule has 1 amide bonds. The molecule has 2 aromatic heterocycles. The monoisotopic (exact) mass is 559 g/mol. The fourth-order valence-electron chi connectivity index (χ4n) is 3.83. The van der Waals surface area contributed by atoms with Gasteiger partial charge in [-0.1, -0.05) is 18.2 Å². The summed E-state index contributed by atoms with van der Waals surface area (Å²) < 4.78 is 43.7. The number of rotatable bonds is 8. The maximum Gasteiger partial charge on any atom is 0.342 e. The number of aryl methyl sites for hydroxylation is 1. The Morgan fingerprint density at radius 3 is 2.56 bits per heavy atom. The van der Waals surface area contributed by atoms with E-state index in [9.17, 15) is 17.6 Å². The summed E-state index contributed by atoms with van der Waals surface area (Å²) in [4.78, 5) is 21.2. The third kappa shape index (κ3) is 6.19. The highest BCUT2D eigenvalue weighted by molar-refractivity contribution is 7.87. The quantitative estimate of drug-likeness (QED) is 0.225. The van der Waals surface area contributed by atoms with Gasteiger partial charge in [0.05, 0.1) is 10.7 Å². The third-order valence-corrected chi connectivity index (χ3v) is 8.02. The second kappa shape index (κ2) is 11.1. The maximum absolute atomic E-state index is 13.9. The molecule has 0 saturated carbocycles. The van der Waals surface area contributed by atoms with Gasteiger partial charge in [-0.2, -0.15) is 8.42 Å². The number of hydrogen-bond acceptors (Lipinski definition) is 7.